The predicted molar refractivity (Wildman–Crippen MR) is 92.5 cm³/mol. The Morgan fingerprint density at radius 1 is 1.17 bits per heavy atom. The van der Waals surface area contributed by atoms with Crippen molar-refractivity contribution in [2.45, 2.75) is 33.1 Å². The summed E-state index contributed by atoms with van der Waals surface area (Å²) < 4.78 is 0. The lowest BCUT2D eigenvalue weighted by Crippen LogP contribution is -2.49. The van der Waals surface area contributed by atoms with Gasteiger partial charge in [0, 0.05) is 38.8 Å². The summed E-state index contributed by atoms with van der Waals surface area (Å²) in [5, 5.41) is 3.05. The first kappa shape index (κ1) is 17.5. The fourth-order valence-electron chi connectivity index (χ4n) is 2.87. The largest absolute Gasteiger partial charge is 0.340 e. The van der Waals surface area contributed by atoms with E-state index >= 15 is 0 Å². The quantitative estimate of drug-likeness (QED) is 0.906. The summed E-state index contributed by atoms with van der Waals surface area (Å²) >= 11 is 0. The second-order valence-corrected chi connectivity index (χ2v) is 6.23. The Labute approximate surface area is 138 Å². The molecule has 1 aliphatic rings. The van der Waals surface area contributed by atoms with Crippen LogP contribution in [0.4, 0.5) is 5.69 Å². The van der Waals surface area contributed by atoms with Crippen LogP contribution in [0.3, 0.4) is 0 Å². The standard InChI is InChI=1S/C18H27N3O2/c1-4-14(2)16-7-5-6-8-17(16)19-18(23)13-20-9-11-21(12-10-20)15(3)22/h5-8,14H,4,9-13H2,1-3H3,(H,19,23)/t14-/m0/s1. The number of nitrogens with zero attached hydrogens (tertiary/aromatic N) is 2. The zero-order chi connectivity index (χ0) is 16.8. The molecule has 2 amide bonds. The minimum atomic E-state index is 0.0111. The lowest BCUT2D eigenvalue weighted by molar-refractivity contribution is -0.130. The van der Waals surface area contributed by atoms with Gasteiger partial charge in [-0.25, -0.2) is 0 Å². The smallest absolute Gasteiger partial charge is 0.238 e. The van der Waals surface area contributed by atoms with Crippen LogP contribution in [-0.2, 0) is 9.59 Å². The Hall–Kier alpha value is -1.88. The second kappa shape index (κ2) is 8.11. The number of piperazine rings is 1. The Balaban J connectivity index is 1.90. The highest BCUT2D eigenvalue weighted by Crippen LogP contribution is 2.26. The highest BCUT2D eigenvalue weighted by atomic mass is 16.2. The number of rotatable bonds is 5. The molecule has 0 saturated carbocycles. The molecule has 0 aromatic heterocycles. The SMILES string of the molecule is CC[C@H](C)c1ccccc1NC(=O)CN1CCN(C(C)=O)CC1. The van der Waals surface area contributed by atoms with Crippen LogP contribution in [0.2, 0.25) is 0 Å². The monoisotopic (exact) mass is 317 g/mol. The normalized spacial score (nSPS) is 16.9. The van der Waals surface area contributed by atoms with Crippen LogP contribution in [0, 0.1) is 0 Å². The van der Waals surface area contributed by atoms with Gasteiger partial charge in [-0.15, -0.1) is 0 Å². The van der Waals surface area contributed by atoms with Gasteiger partial charge in [-0.3, -0.25) is 14.5 Å². The Morgan fingerprint density at radius 2 is 1.83 bits per heavy atom. The number of carbonyl (C=O) groups excluding carboxylic acids is 2. The maximum Gasteiger partial charge on any atom is 0.238 e. The highest BCUT2D eigenvalue weighted by molar-refractivity contribution is 5.93. The van der Waals surface area contributed by atoms with E-state index in [0.29, 0.717) is 25.6 Å². The maximum atomic E-state index is 12.3. The molecule has 1 atom stereocenters. The van der Waals surface area contributed by atoms with Crippen molar-refractivity contribution in [3.63, 3.8) is 0 Å². The Kier molecular flexibility index (Phi) is 6.16. The van der Waals surface area contributed by atoms with Crippen molar-refractivity contribution >= 4 is 17.5 Å². The third-order valence-electron chi connectivity index (χ3n) is 4.56. The van der Waals surface area contributed by atoms with E-state index in [-0.39, 0.29) is 11.8 Å². The summed E-state index contributed by atoms with van der Waals surface area (Å²) in [6.45, 7) is 9.19. The van der Waals surface area contributed by atoms with Gasteiger partial charge in [0.25, 0.3) is 0 Å². The van der Waals surface area contributed by atoms with E-state index in [4.69, 9.17) is 0 Å². The lowest BCUT2D eigenvalue weighted by Gasteiger charge is -2.33. The topological polar surface area (TPSA) is 52.7 Å². The number of hydrogen-bond acceptors (Lipinski definition) is 3. The highest BCUT2D eigenvalue weighted by Gasteiger charge is 2.20. The molecular weight excluding hydrogens is 290 g/mol. The molecule has 1 N–H and O–H groups in total. The van der Waals surface area contributed by atoms with Crippen LogP contribution >= 0.6 is 0 Å². The number of amides is 2. The first-order valence-electron chi connectivity index (χ1n) is 8.38. The fraction of sp³-hybridized carbons (Fsp3) is 0.556. The third-order valence-corrected chi connectivity index (χ3v) is 4.56. The summed E-state index contributed by atoms with van der Waals surface area (Å²) in [7, 11) is 0. The molecule has 1 aromatic carbocycles. The van der Waals surface area contributed by atoms with Crippen LogP contribution < -0.4 is 5.32 Å². The average molecular weight is 317 g/mol. The molecule has 0 unspecified atom stereocenters. The molecule has 0 spiro atoms. The molecule has 1 heterocycles. The van der Waals surface area contributed by atoms with Crippen LogP contribution in [0.25, 0.3) is 0 Å². The molecule has 1 aromatic rings. The number of carbonyl (C=O) groups is 2. The van der Waals surface area contributed by atoms with Gasteiger partial charge in [0.05, 0.1) is 6.54 Å². The first-order chi connectivity index (χ1) is 11.0. The molecule has 5 heteroatoms. The van der Waals surface area contributed by atoms with Gasteiger partial charge in [0.2, 0.25) is 11.8 Å². The number of para-hydroxylation sites is 1. The Bertz CT molecular complexity index is 551. The van der Waals surface area contributed by atoms with E-state index in [1.165, 1.54) is 5.56 Å². The van der Waals surface area contributed by atoms with Crippen LogP contribution in [0.1, 0.15) is 38.7 Å². The van der Waals surface area contributed by atoms with Gasteiger partial charge < -0.3 is 10.2 Å². The van der Waals surface area contributed by atoms with Crippen molar-refractivity contribution in [2.24, 2.45) is 0 Å². The van der Waals surface area contributed by atoms with Gasteiger partial charge in [0.1, 0.15) is 0 Å². The van der Waals surface area contributed by atoms with Gasteiger partial charge in [-0.05, 0) is 24.0 Å². The number of nitrogens with one attached hydrogen (secondary N) is 1. The van der Waals surface area contributed by atoms with E-state index in [2.05, 4.69) is 30.1 Å². The summed E-state index contributed by atoms with van der Waals surface area (Å²) in [4.78, 5) is 27.6. The van der Waals surface area contributed by atoms with Crippen LogP contribution in [-0.4, -0.2) is 54.3 Å². The molecule has 2 rings (SSSR count). The van der Waals surface area contributed by atoms with Crippen molar-refractivity contribution in [3.05, 3.63) is 29.8 Å². The summed E-state index contributed by atoms with van der Waals surface area (Å²) in [6, 6.07) is 8.01. The molecule has 126 valence electrons. The average Bonchev–Trinajstić information content (AvgIpc) is 2.55. The number of anilines is 1. The van der Waals surface area contributed by atoms with E-state index < -0.39 is 0 Å². The van der Waals surface area contributed by atoms with Crippen molar-refractivity contribution in [2.75, 3.05) is 38.0 Å². The van der Waals surface area contributed by atoms with Crippen LogP contribution in [0.15, 0.2) is 24.3 Å². The molecule has 5 nitrogen and oxygen atoms in total. The molecule has 1 aliphatic heterocycles. The van der Waals surface area contributed by atoms with Gasteiger partial charge in [-0.1, -0.05) is 32.0 Å². The fourth-order valence-corrected chi connectivity index (χ4v) is 2.87. The third kappa shape index (κ3) is 4.79. The second-order valence-electron chi connectivity index (χ2n) is 6.23. The number of hydrogen-bond donors (Lipinski definition) is 1. The van der Waals surface area contributed by atoms with E-state index in [1.54, 1.807) is 6.92 Å². The van der Waals surface area contributed by atoms with Gasteiger partial charge >= 0.3 is 0 Å². The van der Waals surface area contributed by atoms with E-state index in [0.717, 1.165) is 25.2 Å². The Morgan fingerprint density at radius 3 is 2.43 bits per heavy atom. The van der Waals surface area contributed by atoms with Crippen molar-refractivity contribution in [1.29, 1.82) is 0 Å². The molecule has 23 heavy (non-hydrogen) atoms. The van der Waals surface area contributed by atoms with Crippen molar-refractivity contribution in [1.82, 2.24) is 9.80 Å². The minimum Gasteiger partial charge on any atom is -0.340 e. The summed E-state index contributed by atoms with van der Waals surface area (Å²) in [6.07, 6.45) is 1.04. The zero-order valence-electron chi connectivity index (χ0n) is 14.3. The zero-order valence-corrected chi connectivity index (χ0v) is 14.3. The van der Waals surface area contributed by atoms with Gasteiger partial charge in [-0.2, -0.15) is 0 Å². The van der Waals surface area contributed by atoms with Crippen LogP contribution in [0.5, 0.6) is 0 Å². The van der Waals surface area contributed by atoms with Gasteiger partial charge in [0.15, 0.2) is 0 Å². The number of benzene rings is 1. The molecule has 0 aliphatic carbocycles. The minimum absolute atomic E-state index is 0.0111. The molecule has 1 fully saturated rings. The summed E-state index contributed by atoms with van der Waals surface area (Å²) in [5.41, 5.74) is 2.10. The molecule has 0 bridgehead atoms. The van der Waals surface area contributed by atoms with E-state index in [9.17, 15) is 9.59 Å². The molecule has 0 radical (unpaired) electrons. The summed E-state index contributed by atoms with van der Waals surface area (Å²) in [5.74, 6) is 0.541. The van der Waals surface area contributed by atoms with Crippen molar-refractivity contribution in [3.8, 4) is 0 Å². The van der Waals surface area contributed by atoms with E-state index in [1.807, 2.05) is 23.1 Å². The first-order valence-corrected chi connectivity index (χ1v) is 8.38. The lowest BCUT2D eigenvalue weighted by atomic mass is 9.97. The predicted octanol–water partition coefficient (Wildman–Crippen LogP) is 2.30. The molecular formula is C18H27N3O2. The maximum absolute atomic E-state index is 12.3. The molecule has 1 saturated heterocycles. The van der Waals surface area contributed by atoms with Crippen molar-refractivity contribution < 1.29 is 9.59 Å².